The van der Waals surface area contributed by atoms with Crippen molar-refractivity contribution in [3.05, 3.63) is 6.33 Å². The Bertz CT molecular complexity index is 434. The summed E-state index contributed by atoms with van der Waals surface area (Å²) in [5.74, 6) is 0.696. The fourth-order valence-corrected chi connectivity index (χ4v) is 1.73. The Morgan fingerprint density at radius 2 is 2.11 bits per heavy atom. The van der Waals surface area contributed by atoms with Gasteiger partial charge in [0, 0.05) is 13.1 Å². The lowest BCUT2D eigenvalue weighted by Crippen LogP contribution is -2.41. The van der Waals surface area contributed by atoms with Crippen molar-refractivity contribution >= 4 is 17.4 Å². The van der Waals surface area contributed by atoms with E-state index in [1.807, 2.05) is 13.8 Å². The molecular weight excluding hydrogens is 246 g/mol. The summed E-state index contributed by atoms with van der Waals surface area (Å²) in [7, 11) is 1.48. The molecule has 106 valence electrons. The molecule has 0 saturated heterocycles. The van der Waals surface area contributed by atoms with E-state index in [0.717, 1.165) is 0 Å². The highest BCUT2D eigenvalue weighted by Crippen LogP contribution is 2.24. The highest BCUT2D eigenvalue weighted by molar-refractivity contribution is 5.85. The first kappa shape index (κ1) is 15.0. The predicted octanol–water partition coefficient (Wildman–Crippen LogP) is 0.736. The lowest BCUT2D eigenvalue weighted by molar-refractivity contribution is -0.131. The Morgan fingerprint density at radius 3 is 2.63 bits per heavy atom. The van der Waals surface area contributed by atoms with Gasteiger partial charge >= 0.3 is 0 Å². The molecule has 0 bridgehead atoms. The van der Waals surface area contributed by atoms with Gasteiger partial charge < -0.3 is 20.7 Å². The molecule has 1 aromatic rings. The fraction of sp³-hybridized carbons (Fsp3) is 0.583. The van der Waals surface area contributed by atoms with Gasteiger partial charge in [-0.3, -0.25) is 4.79 Å². The maximum Gasteiger partial charge on any atom is 0.244 e. The van der Waals surface area contributed by atoms with Crippen LogP contribution in [0.1, 0.15) is 20.8 Å². The molecule has 1 amide bonds. The summed E-state index contributed by atoms with van der Waals surface area (Å²) < 4.78 is 5.01. The maximum atomic E-state index is 12.1. The van der Waals surface area contributed by atoms with Gasteiger partial charge in [-0.15, -0.1) is 0 Å². The number of nitrogen functional groups attached to an aromatic ring is 1. The van der Waals surface area contributed by atoms with Crippen LogP contribution in [0.25, 0.3) is 0 Å². The van der Waals surface area contributed by atoms with Crippen LogP contribution >= 0.6 is 0 Å². The first-order valence-electron chi connectivity index (χ1n) is 6.24. The van der Waals surface area contributed by atoms with Crippen LogP contribution in [0.3, 0.4) is 0 Å². The topological polar surface area (TPSA) is 93.4 Å². The van der Waals surface area contributed by atoms with Crippen LogP contribution in [-0.4, -0.2) is 47.0 Å². The van der Waals surface area contributed by atoms with Crippen LogP contribution in [0.5, 0.6) is 5.88 Å². The molecule has 0 radical (unpaired) electrons. The lowest BCUT2D eigenvalue weighted by Gasteiger charge is -2.24. The number of nitrogens with zero attached hydrogens (tertiary/aromatic N) is 3. The predicted molar refractivity (Wildman–Crippen MR) is 74.0 cm³/mol. The molecule has 1 aromatic heterocycles. The number of aromatic nitrogens is 2. The molecule has 0 aliphatic heterocycles. The standard InChI is InChI=1S/C12H21N5O2/c1-5-17(6-2)12(18)8(3)16-10-9(13)11(19-4)15-7-14-10/h7-8H,5-6,13H2,1-4H3,(H,14,15,16). The Labute approximate surface area is 113 Å². The molecular formula is C12H21N5O2. The first-order valence-corrected chi connectivity index (χ1v) is 6.24. The van der Waals surface area contributed by atoms with E-state index in [9.17, 15) is 4.79 Å². The molecule has 0 aromatic carbocycles. The van der Waals surface area contributed by atoms with Crippen molar-refractivity contribution in [1.29, 1.82) is 0 Å². The summed E-state index contributed by atoms with van der Waals surface area (Å²) in [5.41, 5.74) is 6.14. The monoisotopic (exact) mass is 267 g/mol. The fourth-order valence-electron chi connectivity index (χ4n) is 1.73. The van der Waals surface area contributed by atoms with Crippen molar-refractivity contribution < 1.29 is 9.53 Å². The maximum absolute atomic E-state index is 12.1. The number of amides is 1. The van der Waals surface area contributed by atoms with Gasteiger partial charge in [0.25, 0.3) is 0 Å². The zero-order chi connectivity index (χ0) is 14.4. The van der Waals surface area contributed by atoms with E-state index in [1.54, 1.807) is 11.8 Å². The molecule has 0 aliphatic rings. The molecule has 1 unspecified atom stereocenters. The van der Waals surface area contributed by atoms with Gasteiger partial charge in [-0.1, -0.05) is 0 Å². The molecule has 0 aliphatic carbocycles. The number of likely N-dealkylation sites (N-methyl/N-ethyl adjacent to an activating group) is 1. The number of carbonyl (C=O) groups excluding carboxylic acids is 1. The Morgan fingerprint density at radius 1 is 1.47 bits per heavy atom. The number of carbonyl (C=O) groups is 1. The highest BCUT2D eigenvalue weighted by Gasteiger charge is 2.20. The second-order valence-corrected chi connectivity index (χ2v) is 4.02. The zero-order valence-corrected chi connectivity index (χ0v) is 11.8. The molecule has 19 heavy (non-hydrogen) atoms. The van der Waals surface area contributed by atoms with E-state index in [0.29, 0.717) is 30.5 Å². The van der Waals surface area contributed by atoms with Crippen molar-refractivity contribution in [2.24, 2.45) is 0 Å². The summed E-state index contributed by atoms with van der Waals surface area (Å²) in [6.07, 6.45) is 1.34. The van der Waals surface area contributed by atoms with Crippen molar-refractivity contribution in [3.63, 3.8) is 0 Å². The number of hydrogen-bond donors (Lipinski definition) is 2. The molecule has 0 fully saturated rings. The molecule has 0 saturated carbocycles. The van der Waals surface area contributed by atoms with Gasteiger partial charge in [-0.25, -0.2) is 4.98 Å². The molecule has 7 nitrogen and oxygen atoms in total. The second kappa shape index (κ2) is 6.77. The van der Waals surface area contributed by atoms with Gasteiger partial charge in [0.1, 0.15) is 18.1 Å². The smallest absolute Gasteiger partial charge is 0.244 e. The van der Waals surface area contributed by atoms with E-state index in [4.69, 9.17) is 10.5 Å². The summed E-state index contributed by atoms with van der Waals surface area (Å²) in [6, 6.07) is -0.415. The Kier molecular flexibility index (Phi) is 5.35. The molecule has 1 atom stereocenters. The summed E-state index contributed by atoms with van der Waals surface area (Å²) >= 11 is 0. The third-order valence-corrected chi connectivity index (χ3v) is 2.84. The molecule has 1 heterocycles. The third-order valence-electron chi connectivity index (χ3n) is 2.84. The minimum Gasteiger partial charge on any atom is -0.479 e. The van der Waals surface area contributed by atoms with Crippen LogP contribution in [0.4, 0.5) is 11.5 Å². The van der Waals surface area contributed by atoms with Crippen LogP contribution in [-0.2, 0) is 4.79 Å². The average Bonchev–Trinajstić information content (AvgIpc) is 2.42. The van der Waals surface area contributed by atoms with Crippen LogP contribution in [0.2, 0.25) is 0 Å². The van der Waals surface area contributed by atoms with Gasteiger partial charge in [-0.05, 0) is 20.8 Å². The number of anilines is 2. The first-order chi connectivity index (χ1) is 9.04. The van der Waals surface area contributed by atoms with E-state index in [1.165, 1.54) is 13.4 Å². The number of hydrogen-bond acceptors (Lipinski definition) is 6. The number of nitrogens with two attached hydrogens (primary N) is 1. The average molecular weight is 267 g/mol. The third kappa shape index (κ3) is 3.46. The van der Waals surface area contributed by atoms with Crippen molar-refractivity contribution in [3.8, 4) is 5.88 Å². The number of ether oxygens (including phenoxy) is 1. The summed E-state index contributed by atoms with van der Waals surface area (Å²) in [5, 5.41) is 2.99. The van der Waals surface area contributed by atoms with Crippen molar-refractivity contribution in [2.75, 3.05) is 31.2 Å². The zero-order valence-electron chi connectivity index (χ0n) is 11.8. The van der Waals surface area contributed by atoms with Crippen LogP contribution in [0.15, 0.2) is 6.33 Å². The normalized spacial score (nSPS) is 11.8. The minimum absolute atomic E-state index is 0.00183. The highest BCUT2D eigenvalue weighted by atomic mass is 16.5. The van der Waals surface area contributed by atoms with E-state index in [2.05, 4.69) is 15.3 Å². The number of methoxy groups -OCH3 is 1. The second-order valence-electron chi connectivity index (χ2n) is 4.02. The van der Waals surface area contributed by atoms with Gasteiger partial charge in [0.2, 0.25) is 11.8 Å². The summed E-state index contributed by atoms with van der Waals surface area (Å²) in [4.78, 5) is 21.8. The van der Waals surface area contributed by atoms with Gasteiger partial charge in [-0.2, -0.15) is 4.98 Å². The number of rotatable bonds is 6. The number of nitrogens with one attached hydrogen (secondary N) is 1. The summed E-state index contributed by atoms with van der Waals surface area (Å²) in [6.45, 7) is 6.99. The largest absolute Gasteiger partial charge is 0.479 e. The van der Waals surface area contributed by atoms with E-state index >= 15 is 0 Å². The van der Waals surface area contributed by atoms with Crippen molar-refractivity contribution in [2.45, 2.75) is 26.8 Å². The molecule has 0 spiro atoms. The van der Waals surface area contributed by atoms with Crippen LogP contribution < -0.4 is 15.8 Å². The minimum atomic E-state index is -0.415. The SMILES string of the molecule is CCN(CC)C(=O)C(C)Nc1ncnc(OC)c1N. The quantitative estimate of drug-likeness (QED) is 0.789. The van der Waals surface area contributed by atoms with E-state index in [-0.39, 0.29) is 5.91 Å². The lowest BCUT2D eigenvalue weighted by atomic mass is 10.2. The molecule has 7 heteroatoms. The Balaban J connectivity index is 2.82. The molecule has 1 rings (SSSR count). The van der Waals surface area contributed by atoms with Crippen molar-refractivity contribution in [1.82, 2.24) is 14.9 Å². The Hall–Kier alpha value is -2.05. The van der Waals surface area contributed by atoms with Crippen LogP contribution in [0, 0.1) is 0 Å². The van der Waals surface area contributed by atoms with Gasteiger partial charge in [0.05, 0.1) is 7.11 Å². The molecule has 3 N–H and O–H groups in total. The van der Waals surface area contributed by atoms with Gasteiger partial charge in [0.15, 0.2) is 5.82 Å². The van der Waals surface area contributed by atoms with E-state index < -0.39 is 6.04 Å².